The Hall–Kier alpha value is -1.42. The van der Waals surface area contributed by atoms with Gasteiger partial charge in [0.1, 0.15) is 5.54 Å². The van der Waals surface area contributed by atoms with Gasteiger partial charge in [0, 0.05) is 0 Å². The molecule has 0 aliphatic carbocycles. The molecule has 90 valence electrons. The van der Waals surface area contributed by atoms with Gasteiger partial charge in [0.15, 0.2) is 5.11 Å². The monoisotopic (exact) mass is 248 g/mol. The summed E-state index contributed by atoms with van der Waals surface area (Å²) >= 11 is 5.02. The van der Waals surface area contributed by atoms with Gasteiger partial charge in [-0.2, -0.15) is 0 Å². The van der Waals surface area contributed by atoms with Crippen molar-refractivity contribution in [3.8, 4) is 0 Å². The molecule has 1 amide bonds. The van der Waals surface area contributed by atoms with Gasteiger partial charge < -0.3 is 10.6 Å². The largest absolute Gasteiger partial charge is 0.344 e. The Morgan fingerprint density at radius 1 is 1.24 bits per heavy atom. The predicted octanol–water partition coefficient (Wildman–Crippen LogP) is 1.86. The molecule has 1 aliphatic rings. The minimum absolute atomic E-state index is 0.0609. The summed E-state index contributed by atoms with van der Waals surface area (Å²) in [6.07, 6.45) is 1.67. The molecule has 1 atom stereocenters. The molecule has 0 radical (unpaired) electrons. The van der Waals surface area contributed by atoms with Crippen LogP contribution in [0.15, 0.2) is 24.3 Å². The van der Waals surface area contributed by atoms with E-state index >= 15 is 0 Å². The van der Waals surface area contributed by atoms with Crippen LogP contribution in [-0.4, -0.2) is 11.0 Å². The van der Waals surface area contributed by atoms with Crippen LogP contribution in [0, 0.1) is 0 Å². The quantitative estimate of drug-likeness (QED) is 0.802. The molecule has 0 saturated carbocycles. The molecule has 1 aliphatic heterocycles. The molecular weight excluding hydrogens is 232 g/mol. The smallest absolute Gasteiger partial charge is 0.256 e. The summed E-state index contributed by atoms with van der Waals surface area (Å²) in [5.41, 5.74) is 1.54. The maximum Gasteiger partial charge on any atom is 0.256 e. The van der Waals surface area contributed by atoms with Crippen LogP contribution >= 0.6 is 12.2 Å². The van der Waals surface area contributed by atoms with Crippen molar-refractivity contribution in [1.82, 2.24) is 10.6 Å². The summed E-state index contributed by atoms with van der Waals surface area (Å²) in [5.74, 6) is -0.0609. The maximum absolute atomic E-state index is 12.0. The number of carbonyl (C=O) groups excluding carboxylic acids is 1. The van der Waals surface area contributed by atoms with Gasteiger partial charge in [-0.15, -0.1) is 0 Å². The molecule has 1 unspecified atom stereocenters. The van der Waals surface area contributed by atoms with Crippen LogP contribution in [0.2, 0.25) is 0 Å². The molecule has 1 fully saturated rings. The molecule has 1 heterocycles. The van der Waals surface area contributed by atoms with E-state index in [0.29, 0.717) is 11.5 Å². The van der Waals surface area contributed by atoms with Crippen molar-refractivity contribution in [3.05, 3.63) is 35.4 Å². The molecule has 1 aromatic carbocycles. The zero-order chi connectivity index (χ0) is 12.5. The first-order valence-electron chi connectivity index (χ1n) is 5.85. The average Bonchev–Trinajstić information content (AvgIpc) is 2.65. The number of nitrogens with one attached hydrogen (secondary N) is 2. The Morgan fingerprint density at radius 2 is 1.88 bits per heavy atom. The number of hydrogen-bond acceptors (Lipinski definition) is 2. The standard InChI is InChI=1S/C13H16N2OS/c1-3-9-5-7-10(8-6-9)13(4-2)11(16)14-12(17)15-13/h5-8H,3-4H2,1-2H3,(H2,14,15,16,17). The van der Waals surface area contributed by atoms with Crippen molar-refractivity contribution in [1.29, 1.82) is 0 Å². The highest BCUT2D eigenvalue weighted by molar-refractivity contribution is 7.80. The molecule has 17 heavy (non-hydrogen) atoms. The van der Waals surface area contributed by atoms with Crippen molar-refractivity contribution >= 4 is 23.2 Å². The van der Waals surface area contributed by atoms with E-state index in [1.807, 2.05) is 19.1 Å². The van der Waals surface area contributed by atoms with Gasteiger partial charge in [-0.1, -0.05) is 38.1 Å². The summed E-state index contributed by atoms with van der Waals surface area (Å²) in [4.78, 5) is 12.0. The lowest BCUT2D eigenvalue weighted by Gasteiger charge is -2.25. The predicted molar refractivity (Wildman–Crippen MR) is 71.7 cm³/mol. The molecule has 2 N–H and O–H groups in total. The topological polar surface area (TPSA) is 41.1 Å². The first-order chi connectivity index (χ1) is 8.12. The normalized spacial score (nSPS) is 23.4. The number of carbonyl (C=O) groups is 1. The van der Waals surface area contributed by atoms with Crippen LogP contribution < -0.4 is 10.6 Å². The fourth-order valence-electron chi connectivity index (χ4n) is 2.17. The van der Waals surface area contributed by atoms with Gasteiger partial charge in [0.25, 0.3) is 5.91 Å². The van der Waals surface area contributed by atoms with Crippen LogP contribution in [0.5, 0.6) is 0 Å². The van der Waals surface area contributed by atoms with Gasteiger partial charge in [-0.25, -0.2) is 0 Å². The minimum Gasteiger partial charge on any atom is -0.344 e. The summed E-state index contributed by atoms with van der Waals surface area (Å²) in [6.45, 7) is 4.09. The second-order valence-electron chi connectivity index (χ2n) is 4.22. The van der Waals surface area contributed by atoms with Crippen molar-refractivity contribution in [2.24, 2.45) is 0 Å². The van der Waals surface area contributed by atoms with Crippen molar-refractivity contribution < 1.29 is 4.79 Å². The first-order valence-corrected chi connectivity index (χ1v) is 6.26. The SMILES string of the molecule is CCc1ccc(C2(CC)NC(=S)NC2=O)cc1. The van der Waals surface area contributed by atoms with Gasteiger partial charge in [0.05, 0.1) is 0 Å². The molecule has 4 heteroatoms. The van der Waals surface area contributed by atoms with Crippen LogP contribution in [0.25, 0.3) is 0 Å². The van der Waals surface area contributed by atoms with Gasteiger partial charge >= 0.3 is 0 Å². The van der Waals surface area contributed by atoms with E-state index in [4.69, 9.17) is 12.2 Å². The van der Waals surface area contributed by atoms with E-state index in [2.05, 4.69) is 29.7 Å². The van der Waals surface area contributed by atoms with Crippen molar-refractivity contribution in [3.63, 3.8) is 0 Å². The summed E-state index contributed by atoms with van der Waals surface area (Å²) in [6, 6.07) is 8.12. The average molecular weight is 248 g/mol. The molecule has 2 rings (SSSR count). The Morgan fingerprint density at radius 3 is 2.29 bits per heavy atom. The third-order valence-electron chi connectivity index (χ3n) is 3.33. The first kappa shape index (κ1) is 12.0. The van der Waals surface area contributed by atoms with E-state index in [9.17, 15) is 4.79 Å². The second-order valence-corrected chi connectivity index (χ2v) is 4.63. The molecule has 3 nitrogen and oxygen atoms in total. The highest BCUT2D eigenvalue weighted by Gasteiger charge is 2.44. The lowest BCUT2D eigenvalue weighted by atomic mass is 9.87. The van der Waals surface area contributed by atoms with E-state index in [0.717, 1.165) is 12.0 Å². The number of benzene rings is 1. The van der Waals surface area contributed by atoms with Gasteiger partial charge in [-0.05, 0) is 36.2 Å². The van der Waals surface area contributed by atoms with E-state index in [1.54, 1.807) is 0 Å². The van der Waals surface area contributed by atoms with Crippen molar-refractivity contribution in [2.45, 2.75) is 32.2 Å². The Bertz CT molecular complexity index is 455. The number of thiocarbonyl (C=S) groups is 1. The lowest BCUT2D eigenvalue weighted by Crippen LogP contribution is -2.43. The Balaban J connectivity index is 2.41. The third kappa shape index (κ3) is 1.93. The number of amides is 1. The van der Waals surface area contributed by atoms with Crippen LogP contribution in [0.3, 0.4) is 0 Å². The third-order valence-corrected chi connectivity index (χ3v) is 3.53. The highest BCUT2D eigenvalue weighted by atomic mass is 32.1. The molecule has 1 aromatic rings. The van der Waals surface area contributed by atoms with E-state index < -0.39 is 5.54 Å². The molecule has 1 saturated heterocycles. The molecule has 0 bridgehead atoms. The fourth-order valence-corrected chi connectivity index (χ4v) is 2.44. The molecule has 0 aromatic heterocycles. The summed E-state index contributed by atoms with van der Waals surface area (Å²) in [7, 11) is 0. The van der Waals surface area contributed by atoms with Crippen molar-refractivity contribution in [2.75, 3.05) is 0 Å². The second kappa shape index (κ2) is 4.45. The summed E-state index contributed by atoms with van der Waals surface area (Å²) < 4.78 is 0. The maximum atomic E-state index is 12.0. The fraction of sp³-hybridized carbons (Fsp3) is 0.385. The number of rotatable bonds is 3. The van der Waals surface area contributed by atoms with Gasteiger partial charge in [-0.3, -0.25) is 4.79 Å². The number of aryl methyl sites for hydroxylation is 1. The van der Waals surface area contributed by atoms with Gasteiger partial charge in [0.2, 0.25) is 0 Å². The molecular formula is C13H16N2OS. The van der Waals surface area contributed by atoms with E-state index in [1.165, 1.54) is 5.56 Å². The minimum atomic E-state index is -0.691. The zero-order valence-electron chi connectivity index (χ0n) is 10.0. The van der Waals surface area contributed by atoms with Crippen LogP contribution in [0.4, 0.5) is 0 Å². The van der Waals surface area contributed by atoms with E-state index in [-0.39, 0.29) is 5.91 Å². The molecule has 0 spiro atoms. The van der Waals surface area contributed by atoms with Crippen LogP contribution in [-0.2, 0) is 16.8 Å². The zero-order valence-corrected chi connectivity index (χ0v) is 10.9. The Labute approximate surface area is 107 Å². The number of hydrogen-bond donors (Lipinski definition) is 2. The summed E-state index contributed by atoms with van der Waals surface area (Å²) in [5, 5.41) is 6.17. The van der Waals surface area contributed by atoms with Crippen LogP contribution in [0.1, 0.15) is 31.4 Å². The highest BCUT2D eigenvalue weighted by Crippen LogP contribution is 2.28. The lowest BCUT2D eigenvalue weighted by molar-refractivity contribution is -0.124. The Kier molecular flexibility index (Phi) is 3.15.